The summed E-state index contributed by atoms with van der Waals surface area (Å²) in [5.41, 5.74) is -0.689. The summed E-state index contributed by atoms with van der Waals surface area (Å²) in [6.07, 6.45) is -4.70. The highest BCUT2D eigenvalue weighted by molar-refractivity contribution is 7.89. The van der Waals surface area contributed by atoms with Gasteiger partial charge in [0.25, 0.3) is 0 Å². The number of alkyl halides is 3. The van der Waals surface area contributed by atoms with Gasteiger partial charge in [-0.2, -0.15) is 13.2 Å². The van der Waals surface area contributed by atoms with Crippen molar-refractivity contribution >= 4 is 21.6 Å². The third kappa shape index (κ3) is 4.81. The number of sulfonamides is 1. The summed E-state index contributed by atoms with van der Waals surface area (Å²) in [4.78, 5) is -0.670. The standard InChI is InChI=1S/C17H17ClF3NO5S/c1-25-13-6-10(7-14(26-2)16(13)27-3)9-22-28(23,24)15-8-11(17(19,20)21)4-5-12(15)18/h4-8,22H,9H2,1-3H3. The Balaban J connectivity index is 2.34. The lowest BCUT2D eigenvalue weighted by Gasteiger charge is -2.15. The van der Waals surface area contributed by atoms with E-state index < -0.39 is 26.7 Å². The Morgan fingerprint density at radius 2 is 1.57 bits per heavy atom. The van der Waals surface area contributed by atoms with E-state index in [2.05, 4.69) is 4.72 Å². The number of ether oxygens (including phenoxy) is 3. The molecule has 0 fully saturated rings. The van der Waals surface area contributed by atoms with E-state index in [1.54, 1.807) is 0 Å². The minimum absolute atomic E-state index is 0.244. The van der Waals surface area contributed by atoms with Crippen LogP contribution in [0.5, 0.6) is 17.2 Å². The minimum Gasteiger partial charge on any atom is -0.493 e. The quantitative estimate of drug-likeness (QED) is 0.709. The molecule has 28 heavy (non-hydrogen) atoms. The van der Waals surface area contributed by atoms with Crippen molar-refractivity contribution in [2.24, 2.45) is 0 Å². The molecule has 0 amide bonds. The van der Waals surface area contributed by atoms with Gasteiger partial charge in [-0.15, -0.1) is 0 Å². The summed E-state index contributed by atoms with van der Waals surface area (Å²) in [5.74, 6) is 0.916. The molecule has 2 aromatic carbocycles. The predicted molar refractivity (Wildman–Crippen MR) is 96.6 cm³/mol. The van der Waals surface area contributed by atoms with Crippen LogP contribution in [-0.2, 0) is 22.7 Å². The molecule has 0 aliphatic carbocycles. The van der Waals surface area contributed by atoms with E-state index in [9.17, 15) is 21.6 Å². The fourth-order valence-electron chi connectivity index (χ4n) is 2.38. The zero-order valence-electron chi connectivity index (χ0n) is 15.1. The molecule has 2 aromatic rings. The lowest BCUT2D eigenvalue weighted by atomic mass is 10.2. The van der Waals surface area contributed by atoms with E-state index in [-0.39, 0.29) is 11.6 Å². The number of benzene rings is 2. The second-order valence-electron chi connectivity index (χ2n) is 5.50. The third-order valence-electron chi connectivity index (χ3n) is 3.74. The molecule has 0 radical (unpaired) electrons. The summed E-state index contributed by atoms with van der Waals surface area (Å²) in [6, 6.07) is 5.11. The molecule has 0 atom stereocenters. The maximum absolute atomic E-state index is 12.9. The van der Waals surface area contributed by atoms with Gasteiger partial charge in [0.05, 0.1) is 31.9 Å². The zero-order chi connectivity index (χ0) is 21.1. The third-order valence-corrected chi connectivity index (χ3v) is 5.62. The number of hydrogen-bond donors (Lipinski definition) is 1. The predicted octanol–water partition coefficient (Wildman–Crippen LogP) is 3.86. The molecule has 0 aliphatic rings. The van der Waals surface area contributed by atoms with Gasteiger partial charge in [0, 0.05) is 6.54 Å². The highest BCUT2D eigenvalue weighted by atomic mass is 35.5. The molecule has 0 unspecified atom stereocenters. The summed E-state index contributed by atoms with van der Waals surface area (Å²) >= 11 is 5.80. The van der Waals surface area contributed by atoms with E-state index in [0.29, 0.717) is 34.9 Å². The van der Waals surface area contributed by atoms with Crippen LogP contribution in [0.25, 0.3) is 0 Å². The highest BCUT2D eigenvalue weighted by Gasteiger charge is 2.32. The maximum atomic E-state index is 12.9. The van der Waals surface area contributed by atoms with E-state index >= 15 is 0 Å². The summed E-state index contributed by atoms with van der Waals surface area (Å²) in [6.45, 7) is -0.244. The first-order chi connectivity index (χ1) is 13.0. The first kappa shape index (κ1) is 22.1. The number of hydrogen-bond acceptors (Lipinski definition) is 5. The first-order valence-electron chi connectivity index (χ1n) is 7.68. The van der Waals surface area contributed by atoms with E-state index in [1.807, 2.05) is 0 Å². The lowest BCUT2D eigenvalue weighted by Crippen LogP contribution is -2.24. The molecule has 0 bridgehead atoms. The molecule has 2 rings (SSSR count). The second kappa shape index (κ2) is 8.46. The van der Waals surface area contributed by atoms with Crippen molar-refractivity contribution in [3.63, 3.8) is 0 Å². The molecule has 0 saturated heterocycles. The number of methoxy groups -OCH3 is 3. The first-order valence-corrected chi connectivity index (χ1v) is 9.55. The van der Waals surface area contributed by atoms with Crippen LogP contribution in [0.2, 0.25) is 5.02 Å². The molecule has 154 valence electrons. The molecule has 0 saturated carbocycles. The minimum atomic E-state index is -4.70. The highest BCUT2D eigenvalue weighted by Crippen LogP contribution is 2.38. The molecule has 1 N–H and O–H groups in total. The fourth-order valence-corrected chi connectivity index (χ4v) is 3.92. The normalized spacial score (nSPS) is 12.0. The van der Waals surface area contributed by atoms with Gasteiger partial charge in [-0.25, -0.2) is 13.1 Å². The van der Waals surface area contributed by atoms with Gasteiger partial charge in [-0.1, -0.05) is 11.6 Å². The molecule has 0 heterocycles. The molecule has 11 heteroatoms. The number of nitrogens with one attached hydrogen (secondary N) is 1. The topological polar surface area (TPSA) is 73.9 Å². The van der Waals surface area contributed by atoms with Gasteiger partial charge in [0.15, 0.2) is 11.5 Å². The molecular formula is C17H17ClF3NO5S. The largest absolute Gasteiger partial charge is 0.493 e. The van der Waals surface area contributed by atoms with Gasteiger partial charge in [-0.3, -0.25) is 0 Å². The van der Waals surface area contributed by atoms with Crippen LogP contribution in [-0.4, -0.2) is 29.7 Å². The lowest BCUT2D eigenvalue weighted by molar-refractivity contribution is -0.137. The average Bonchev–Trinajstić information content (AvgIpc) is 2.64. The Morgan fingerprint density at radius 3 is 2.04 bits per heavy atom. The Hall–Kier alpha value is -2.17. The van der Waals surface area contributed by atoms with Crippen LogP contribution in [0.4, 0.5) is 13.2 Å². The Labute approximate surface area is 165 Å². The Morgan fingerprint density at radius 1 is 1.00 bits per heavy atom. The molecular weight excluding hydrogens is 423 g/mol. The van der Waals surface area contributed by atoms with Crippen LogP contribution in [0, 0.1) is 0 Å². The summed E-state index contributed by atoms with van der Waals surface area (Å²) in [7, 11) is -0.114. The molecule has 0 aliphatic heterocycles. The van der Waals surface area contributed by atoms with Crippen LogP contribution in [0.3, 0.4) is 0 Å². The van der Waals surface area contributed by atoms with Crippen molar-refractivity contribution in [2.75, 3.05) is 21.3 Å². The second-order valence-corrected chi connectivity index (χ2v) is 7.64. The van der Waals surface area contributed by atoms with Gasteiger partial charge in [0.2, 0.25) is 15.8 Å². The van der Waals surface area contributed by atoms with Crippen LogP contribution in [0.1, 0.15) is 11.1 Å². The van der Waals surface area contributed by atoms with E-state index in [1.165, 1.54) is 33.5 Å². The monoisotopic (exact) mass is 439 g/mol. The van der Waals surface area contributed by atoms with Crippen LogP contribution >= 0.6 is 11.6 Å². The number of rotatable bonds is 7. The van der Waals surface area contributed by atoms with E-state index in [0.717, 1.165) is 6.07 Å². The van der Waals surface area contributed by atoms with Crippen LogP contribution in [0.15, 0.2) is 35.2 Å². The average molecular weight is 440 g/mol. The molecule has 0 spiro atoms. The van der Waals surface area contributed by atoms with Gasteiger partial charge in [0.1, 0.15) is 4.90 Å². The van der Waals surface area contributed by atoms with Gasteiger partial charge >= 0.3 is 6.18 Å². The Bertz CT molecular complexity index is 939. The van der Waals surface area contributed by atoms with Crippen molar-refractivity contribution in [1.82, 2.24) is 4.72 Å². The Kier molecular flexibility index (Phi) is 6.68. The van der Waals surface area contributed by atoms with Gasteiger partial charge < -0.3 is 14.2 Å². The van der Waals surface area contributed by atoms with Crippen LogP contribution < -0.4 is 18.9 Å². The SMILES string of the molecule is COc1cc(CNS(=O)(=O)c2cc(C(F)(F)F)ccc2Cl)cc(OC)c1OC. The molecule has 6 nitrogen and oxygen atoms in total. The number of halogens is 4. The smallest absolute Gasteiger partial charge is 0.416 e. The van der Waals surface area contributed by atoms with Crippen molar-refractivity contribution in [1.29, 1.82) is 0 Å². The maximum Gasteiger partial charge on any atom is 0.416 e. The summed E-state index contributed by atoms with van der Waals surface area (Å²) < 4.78 is 81.4. The van der Waals surface area contributed by atoms with Crippen molar-refractivity contribution in [3.05, 3.63) is 46.5 Å². The van der Waals surface area contributed by atoms with Crippen molar-refractivity contribution in [2.45, 2.75) is 17.6 Å². The van der Waals surface area contributed by atoms with Gasteiger partial charge in [-0.05, 0) is 35.9 Å². The zero-order valence-corrected chi connectivity index (χ0v) is 16.6. The van der Waals surface area contributed by atoms with Crippen molar-refractivity contribution in [3.8, 4) is 17.2 Å². The summed E-state index contributed by atoms with van der Waals surface area (Å²) in [5, 5.41) is -0.328. The molecule has 0 aromatic heterocycles. The fraction of sp³-hybridized carbons (Fsp3) is 0.294. The van der Waals surface area contributed by atoms with E-state index in [4.69, 9.17) is 25.8 Å². The van der Waals surface area contributed by atoms with Crippen molar-refractivity contribution < 1.29 is 35.8 Å².